The van der Waals surface area contributed by atoms with E-state index in [1.165, 1.54) is 0 Å². The number of carbonyl (C=O) groups is 1. The number of imidazole rings is 1. The van der Waals surface area contributed by atoms with Crippen LogP contribution in [-0.2, 0) is 30.8 Å². The van der Waals surface area contributed by atoms with Crippen LogP contribution in [0, 0.1) is 0 Å². The number of aromatic nitrogens is 5. The maximum absolute atomic E-state index is 12.8. The molecule has 10 heteroatoms. The fraction of sp³-hybridized carbons (Fsp3) is 0.577. The summed E-state index contributed by atoms with van der Waals surface area (Å²) in [6.45, 7) is 8.17. The standard InChI is InChI=1S/C26H38N6O4/c1-4-7-9-16-31-20(29-23-22(31)24(34)30-26(35)32(23)15-8-5-2)12-13-21(33)28-18-19-11-10-14-27-25(19)36-17-6-3/h10-11,14H,4-9,12-13,15-18H2,1-3H3,(H,28,33)(H,30,34,35). The van der Waals surface area contributed by atoms with Gasteiger partial charge in [0.15, 0.2) is 11.2 Å². The molecule has 3 aromatic heterocycles. The Labute approximate surface area is 211 Å². The molecule has 0 bridgehead atoms. The van der Waals surface area contributed by atoms with Crippen LogP contribution in [0.2, 0.25) is 0 Å². The zero-order valence-electron chi connectivity index (χ0n) is 21.6. The monoisotopic (exact) mass is 498 g/mol. The van der Waals surface area contributed by atoms with E-state index in [1.807, 2.05) is 30.5 Å². The van der Waals surface area contributed by atoms with E-state index < -0.39 is 11.2 Å². The molecule has 3 heterocycles. The number of H-pyrrole nitrogens is 1. The Kier molecular flexibility index (Phi) is 10.3. The summed E-state index contributed by atoms with van der Waals surface area (Å²) in [5, 5.41) is 2.93. The number of ether oxygens (including phenoxy) is 1. The highest BCUT2D eigenvalue weighted by Crippen LogP contribution is 2.17. The van der Waals surface area contributed by atoms with E-state index in [2.05, 4.69) is 22.2 Å². The van der Waals surface area contributed by atoms with Crippen molar-refractivity contribution in [3.8, 4) is 5.88 Å². The second kappa shape index (κ2) is 13.6. The Balaban J connectivity index is 1.79. The van der Waals surface area contributed by atoms with Crippen LogP contribution in [0.1, 0.15) is 77.1 Å². The van der Waals surface area contributed by atoms with Gasteiger partial charge in [0.05, 0.1) is 6.61 Å². The van der Waals surface area contributed by atoms with E-state index in [0.717, 1.165) is 44.1 Å². The highest BCUT2D eigenvalue weighted by atomic mass is 16.5. The lowest BCUT2D eigenvalue weighted by Crippen LogP contribution is -2.31. The minimum absolute atomic E-state index is 0.134. The molecular formula is C26H38N6O4. The van der Waals surface area contributed by atoms with Crippen molar-refractivity contribution in [2.75, 3.05) is 6.61 Å². The summed E-state index contributed by atoms with van der Waals surface area (Å²) in [4.78, 5) is 49.4. The summed E-state index contributed by atoms with van der Waals surface area (Å²) in [5.41, 5.74) is 0.750. The van der Waals surface area contributed by atoms with Crippen LogP contribution in [0.5, 0.6) is 5.88 Å². The quantitative estimate of drug-likeness (QED) is 0.310. The molecule has 3 rings (SSSR count). The SMILES string of the molecule is CCCCCn1c(CCC(=O)NCc2cccnc2OCCC)nc2c1c(=O)[nH]c(=O)n2CCCC. The van der Waals surface area contributed by atoms with Gasteiger partial charge >= 0.3 is 5.69 Å². The third-order valence-electron chi connectivity index (χ3n) is 6.03. The lowest BCUT2D eigenvalue weighted by atomic mass is 10.2. The van der Waals surface area contributed by atoms with Gasteiger partial charge in [-0.2, -0.15) is 0 Å². The van der Waals surface area contributed by atoms with Crippen molar-refractivity contribution in [1.82, 2.24) is 29.4 Å². The zero-order chi connectivity index (χ0) is 25.9. The molecule has 10 nitrogen and oxygen atoms in total. The predicted octanol–water partition coefficient (Wildman–Crippen LogP) is 3.31. The van der Waals surface area contributed by atoms with Crippen LogP contribution < -0.4 is 21.3 Å². The van der Waals surface area contributed by atoms with Crippen molar-refractivity contribution in [3.63, 3.8) is 0 Å². The molecule has 0 atom stereocenters. The van der Waals surface area contributed by atoms with Gasteiger partial charge in [0.2, 0.25) is 11.8 Å². The van der Waals surface area contributed by atoms with Gasteiger partial charge in [-0.05, 0) is 25.3 Å². The summed E-state index contributed by atoms with van der Waals surface area (Å²) in [6.07, 6.45) is 7.77. The number of rotatable bonds is 15. The summed E-state index contributed by atoms with van der Waals surface area (Å²) in [6, 6.07) is 3.70. The van der Waals surface area contributed by atoms with E-state index >= 15 is 0 Å². The molecule has 0 aliphatic heterocycles. The molecule has 0 aliphatic carbocycles. The van der Waals surface area contributed by atoms with Gasteiger partial charge in [-0.3, -0.25) is 19.1 Å². The molecular weight excluding hydrogens is 460 g/mol. The van der Waals surface area contributed by atoms with Crippen LogP contribution in [0.15, 0.2) is 27.9 Å². The van der Waals surface area contributed by atoms with Gasteiger partial charge < -0.3 is 14.6 Å². The third-order valence-corrected chi connectivity index (χ3v) is 6.03. The summed E-state index contributed by atoms with van der Waals surface area (Å²) < 4.78 is 9.10. The molecule has 0 saturated heterocycles. The second-order valence-electron chi connectivity index (χ2n) is 8.92. The maximum atomic E-state index is 12.8. The van der Waals surface area contributed by atoms with E-state index in [4.69, 9.17) is 9.72 Å². The second-order valence-corrected chi connectivity index (χ2v) is 8.92. The average molecular weight is 499 g/mol. The number of hydrogen-bond donors (Lipinski definition) is 2. The van der Waals surface area contributed by atoms with E-state index in [1.54, 1.807) is 10.8 Å². The van der Waals surface area contributed by atoms with Crippen LogP contribution in [0.4, 0.5) is 0 Å². The molecule has 3 aromatic rings. The lowest BCUT2D eigenvalue weighted by Gasteiger charge is -2.11. The third kappa shape index (κ3) is 6.83. The number of fused-ring (bicyclic) bond motifs is 1. The topological polar surface area (TPSA) is 124 Å². The maximum Gasteiger partial charge on any atom is 0.330 e. The van der Waals surface area contributed by atoms with Gasteiger partial charge in [-0.15, -0.1) is 0 Å². The van der Waals surface area contributed by atoms with Gasteiger partial charge in [-0.25, -0.2) is 14.8 Å². The molecule has 0 unspecified atom stereocenters. The average Bonchev–Trinajstić information content (AvgIpc) is 3.24. The van der Waals surface area contributed by atoms with Gasteiger partial charge in [0.25, 0.3) is 5.56 Å². The van der Waals surface area contributed by atoms with Crippen molar-refractivity contribution in [2.45, 2.75) is 91.8 Å². The first-order chi connectivity index (χ1) is 17.5. The predicted molar refractivity (Wildman–Crippen MR) is 139 cm³/mol. The molecule has 196 valence electrons. The Morgan fingerprint density at radius 3 is 2.58 bits per heavy atom. The van der Waals surface area contributed by atoms with Crippen molar-refractivity contribution in [1.29, 1.82) is 0 Å². The zero-order valence-corrected chi connectivity index (χ0v) is 21.6. The smallest absolute Gasteiger partial charge is 0.330 e. The number of carbonyl (C=O) groups excluding carboxylic acids is 1. The Morgan fingerprint density at radius 2 is 1.83 bits per heavy atom. The van der Waals surface area contributed by atoms with Gasteiger partial charge in [0.1, 0.15) is 5.82 Å². The number of nitrogens with one attached hydrogen (secondary N) is 2. The summed E-state index contributed by atoms with van der Waals surface area (Å²) in [5.74, 6) is 1.04. The number of amides is 1. The molecule has 0 radical (unpaired) electrons. The normalized spacial score (nSPS) is 11.2. The molecule has 36 heavy (non-hydrogen) atoms. The van der Waals surface area contributed by atoms with Gasteiger partial charge in [-0.1, -0.05) is 46.1 Å². The van der Waals surface area contributed by atoms with Crippen LogP contribution in [-0.4, -0.2) is 36.6 Å². The molecule has 2 N–H and O–H groups in total. The molecule has 1 amide bonds. The minimum Gasteiger partial charge on any atom is -0.477 e. The van der Waals surface area contributed by atoms with Crippen molar-refractivity contribution >= 4 is 17.1 Å². The number of pyridine rings is 1. The summed E-state index contributed by atoms with van der Waals surface area (Å²) in [7, 11) is 0. The number of hydrogen-bond acceptors (Lipinski definition) is 6. The van der Waals surface area contributed by atoms with E-state index in [0.29, 0.717) is 55.5 Å². The van der Waals surface area contributed by atoms with Crippen molar-refractivity contribution in [2.24, 2.45) is 0 Å². The highest BCUT2D eigenvalue weighted by molar-refractivity contribution is 5.76. The molecule has 0 saturated carbocycles. The van der Waals surface area contributed by atoms with E-state index in [-0.39, 0.29) is 12.3 Å². The molecule has 0 aromatic carbocycles. The fourth-order valence-electron chi connectivity index (χ4n) is 4.09. The Hall–Kier alpha value is -3.43. The Bertz CT molecular complexity index is 1260. The highest BCUT2D eigenvalue weighted by Gasteiger charge is 2.19. The number of aromatic amines is 1. The first-order valence-corrected chi connectivity index (χ1v) is 13.1. The number of nitrogens with zero attached hydrogens (tertiary/aromatic N) is 4. The first kappa shape index (κ1) is 27.2. The molecule has 0 spiro atoms. The lowest BCUT2D eigenvalue weighted by molar-refractivity contribution is -0.121. The first-order valence-electron chi connectivity index (χ1n) is 13.1. The Morgan fingerprint density at radius 1 is 1.06 bits per heavy atom. The summed E-state index contributed by atoms with van der Waals surface area (Å²) >= 11 is 0. The number of unbranched alkanes of at least 4 members (excludes halogenated alkanes) is 3. The van der Waals surface area contributed by atoms with Crippen molar-refractivity contribution in [3.05, 3.63) is 50.6 Å². The van der Waals surface area contributed by atoms with Crippen molar-refractivity contribution < 1.29 is 9.53 Å². The van der Waals surface area contributed by atoms with Crippen LogP contribution in [0.3, 0.4) is 0 Å². The van der Waals surface area contributed by atoms with Crippen LogP contribution >= 0.6 is 0 Å². The number of aryl methyl sites for hydroxylation is 3. The molecule has 0 aliphatic rings. The van der Waals surface area contributed by atoms with Crippen LogP contribution in [0.25, 0.3) is 11.2 Å². The molecule has 0 fully saturated rings. The fourth-order valence-corrected chi connectivity index (χ4v) is 4.09. The minimum atomic E-state index is -0.444. The van der Waals surface area contributed by atoms with E-state index in [9.17, 15) is 14.4 Å². The largest absolute Gasteiger partial charge is 0.477 e. The van der Waals surface area contributed by atoms with Gasteiger partial charge in [0, 0.05) is 44.2 Å².